The number of ether oxygens (including phenoxy) is 1. The Morgan fingerprint density at radius 1 is 1.14 bits per heavy atom. The molecule has 2 aromatic carbocycles. The summed E-state index contributed by atoms with van der Waals surface area (Å²) in [6.45, 7) is 1.23. The standard InChI is InChI=1S/C20H21ClN2O4S/c21-17-7-5-15(13-19(17)28(25,26)23-9-11-27-12-10-23)20(24)22-18-8-6-14-3-1-2-4-16(14)18/h1-5,7,13,18H,6,8-12H2,(H,22,24). The molecule has 1 aliphatic heterocycles. The molecule has 1 atom stereocenters. The number of carbonyl (C=O) groups excluding carboxylic acids is 1. The molecule has 1 unspecified atom stereocenters. The maximum Gasteiger partial charge on any atom is 0.251 e. The molecule has 1 aliphatic carbocycles. The second kappa shape index (κ2) is 7.83. The molecule has 4 rings (SSSR count). The molecule has 2 aromatic rings. The van der Waals surface area contributed by atoms with Crippen LogP contribution < -0.4 is 5.32 Å². The van der Waals surface area contributed by atoms with Crippen LogP contribution in [0.25, 0.3) is 0 Å². The van der Waals surface area contributed by atoms with Crippen molar-refractivity contribution in [2.75, 3.05) is 26.3 Å². The van der Waals surface area contributed by atoms with Crippen molar-refractivity contribution in [1.29, 1.82) is 0 Å². The number of halogens is 1. The lowest BCUT2D eigenvalue weighted by Gasteiger charge is -2.26. The van der Waals surface area contributed by atoms with E-state index in [0.717, 1.165) is 18.4 Å². The van der Waals surface area contributed by atoms with Gasteiger partial charge >= 0.3 is 0 Å². The summed E-state index contributed by atoms with van der Waals surface area (Å²) < 4.78 is 32.5. The summed E-state index contributed by atoms with van der Waals surface area (Å²) in [7, 11) is -3.78. The Labute approximate surface area is 169 Å². The maximum atomic E-state index is 12.9. The van der Waals surface area contributed by atoms with Gasteiger partial charge in [0.15, 0.2) is 0 Å². The normalized spacial score (nSPS) is 20.0. The fourth-order valence-electron chi connectivity index (χ4n) is 3.72. The van der Waals surface area contributed by atoms with Gasteiger partial charge in [0.25, 0.3) is 5.91 Å². The van der Waals surface area contributed by atoms with E-state index < -0.39 is 10.0 Å². The summed E-state index contributed by atoms with van der Waals surface area (Å²) in [5, 5.41) is 3.12. The van der Waals surface area contributed by atoms with Gasteiger partial charge in [-0.15, -0.1) is 0 Å². The van der Waals surface area contributed by atoms with Gasteiger partial charge in [-0.2, -0.15) is 4.31 Å². The molecular weight excluding hydrogens is 400 g/mol. The van der Waals surface area contributed by atoms with Gasteiger partial charge in [-0.1, -0.05) is 35.9 Å². The van der Waals surface area contributed by atoms with Crippen LogP contribution in [-0.2, 0) is 21.2 Å². The largest absolute Gasteiger partial charge is 0.379 e. The van der Waals surface area contributed by atoms with Crippen LogP contribution >= 0.6 is 11.6 Å². The second-order valence-corrected chi connectivity index (χ2v) is 9.24. The first-order valence-corrected chi connectivity index (χ1v) is 11.0. The number of carbonyl (C=O) groups is 1. The van der Waals surface area contributed by atoms with E-state index >= 15 is 0 Å². The van der Waals surface area contributed by atoms with E-state index in [4.69, 9.17) is 16.3 Å². The van der Waals surface area contributed by atoms with Crippen molar-refractivity contribution in [2.45, 2.75) is 23.8 Å². The fraction of sp³-hybridized carbons (Fsp3) is 0.350. The topological polar surface area (TPSA) is 75.7 Å². The van der Waals surface area contributed by atoms with Gasteiger partial charge in [0.1, 0.15) is 4.90 Å². The third-order valence-corrected chi connectivity index (χ3v) is 7.60. The van der Waals surface area contributed by atoms with Crippen molar-refractivity contribution in [1.82, 2.24) is 9.62 Å². The summed E-state index contributed by atoms with van der Waals surface area (Å²) >= 11 is 6.17. The number of nitrogens with zero attached hydrogens (tertiary/aromatic N) is 1. The Morgan fingerprint density at radius 3 is 2.68 bits per heavy atom. The van der Waals surface area contributed by atoms with Gasteiger partial charge in [0.2, 0.25) is 10.0 Å². The van der Waals surface area contributed by atoms with Crippen LogP contribution in [0, 0.1) is 0 Å². The average molecular weight is 421 g/mol. The molecule has 1 fully saturated rings. The number of sulfonamides is 1. The quantitative estimate of drug-likeness (QED) is 0.825. The monoisotopic (exact) mass is 420 g/mol. The first-order valence-electron chi connectivity index (χ1n) is 9.23. The van der Waals surface area contributed by atoms with Crippen LogP contribution in [0.5, 0.6) is 0 Å². The molecule has 1 heterocycles. The number of rotatable bonds is 4. The van der Waals surface area contributed by atoms with Gasteiger partial charge in [-0.3, -0.25) is 4.79 Å². The Kier molecular flexibility index (Phi) is 5.42. The minimum Gasteiger partial charge on any atom is -0.379 e. The Morgan fingerprint density at radius 2 is 1.89 bits per heavy atom. The molecule has 0 saturated carbocycles. The van der Waals surface area contributed by atoms with E-state index in [1.54, 1.807) is 6.07 Å². The zero-order valence-electron chi connectivity index (χ0n) is 15.2. The third kappa shape index (κ3) is 3.67. The second-order valence-electron chi connectivity index (χ2n) is 6.93. The van der Waals surface area contributed by atoms with E-state index in [2.05, 4.69) is 11.4 Å². The van der Waals surface area contributed by atoms with Crippen molar-refractivity contribution in [3.8, 4) is 0 Å². The summed E-state index contributed by atoms with van der Waals surface area (Å²) in [5.74, 6) is -0.309. The highest BCUT2D eigenvalue weighted by molar-refractivity contribution is 7.89. The predicted octanol–water partition coefficient (Wildman–Crippen LogP) is 2.78. The van der Waals surface area contributed by atoms with Crippen LogP contribution in [0.2, 0.25) is 5.02 Å². The van der Waals surface area contributed by atoms with E-state index in [9.17, 15) is 13.2 Å². The average Bonchev–Trinajstić information content (AvgIpc) is 3.12. The highest BCUT2D eigenvalue weighted by atomic mass is 35.5. The lowest BCUT2D eigenvalue weighted by molar-refractivity contribution is 0.0730. The van der Waals surface area contributed by atoms with Crippen LogP contribution in [-0.4, -0.2) is 44.9 Å². The zero-order valence-corrected chi connectivity index (χ0v) is 16.8. The van der Waals surface area contributed by atoms with E-state index in [-0.39, 0.29) is 40.5 Å². The first-order chi connectivity index (χ1) is 13.5. The molecule has 0 spiro atoms. The Hall–Kier alpha value is -1.93. The molecule has 0 radical (unpaired) electrons. The lowest BCUT2D eigenvalue weighted by atomic mass is 10.1. The summed E-state index contributed by atoms with van der Waals surface area (Å²) in [6.07, 6.45) is 1.75. The number of benzene rings is 2. The first kappa shape index (κ1) is 19.4. The molecule has 8 heteroatoms. The van der Waals surface area contributed by atoms with Crippen molar-refractivity contribution in [3.05, 3.63) is 64.2 Å². The number of aryl methyl sites for hydroxylation is 1. The van der Waals surface area contributed by atoms with Gasteiger partial charge in [-0.25, -0.2) is 8.42 Å². The molecule has 28 heavy (non-hydrogen) atoms. The van der Waals surface area contributed by atoms with Gasteiger partial charge in [0.05, 0.1) is 24.3 Å². The maximum absolute atomic E-state index is 12.9. The molecule has 1 amide bonds. The number of amides is 1. The summed E-state index contributed by atoms with van der Waals surface area (Å²) in [5.41, 5.74) is 2.63. The molecule has 148 valence electrons. The summed E-state index contributed by atoms with van der Waals surface area (Å²) in [6, 6.07) is 12.3. The molecule has 0 aromatic heterocycles. The zero-order chi connectivity index (χ0) is 19.7. The van der Waals surface area contributed by atoms with Crippen molar-refractivity contribution in [2.24, 2.45) is 0 Å². The fourth-order valence-corrected chi connectivity index (χ4v) is 5.63. The smallest absolute Gasteiger partial charge is 0.251 e. The van der Waals surface area contributed by atoms with Crippen molar-refractivity contribution in [3.63, 3.8) is 0 Å². The van der Waals surface area contributed by atoms with Crippen LogP contribution in [0.15, 0.2) is 47.4 Å². The number of morpholine rings is 1. The summed E-state index contributed by atoms with van der Waals surface area (Å²) in [4.78, 5) is 12.7. The SMILES string of the molecule is O=C(NC1CCc2ccccc21)c1ccc(Cl)c(S(=O)(=O)N2CCOCC2)c1. The van der Waals surface area contributed by atoms with E-state index in [1.807, 2.05) is 18.2 Å². The third-order valence-electron chi connectivity index (χ3n) is 5.22. The molecule has 6 nitrogen and oxygen atoms in total. The Balaban J connectivity index is 1.58. The molecule has 2 aliphatic rings. The number of hydrogen-bond donors (Lipinski definition) is 1. The van der Waals surface area contributed by atoms with Crippen molar-refractivity contribution >= 4 is 27.5 Å². The van der Waals surface area contributed by atoms with Gasteiger partial charge < -0.3 is 10.1 Å². The van der Waals surface area contributed by atoms with Gasteiger partial charge in [-0.05, 0) is 42.2 Å². The van der Waals surface area contributed by atoms with Crippen LogP contribution in [0.3, 0.4) is 0 Å². The van der Waals surface area contributed by atoms with Crippen molar-refractivity contribution < 1.29 is 17.9 Å². The Bertz CT molecular complexity index is 1000. The molecule has 0 bridgehead atoms. The molecule has 1 saturated heterocycles. The number of nitrogens with one attached hydrogen (secondary N) is 1. The van der Waals surface area contributed by atoms with E-state index in [0.29, 0.717) is 13.2 Å². The van der Waals surface area contributed by atoms with Gasteiger partial charge in [0, 0.05) is 18.7 Å². The predicted molar refractivity (Wildman–Crippen MR) is 106 cm³/mol. The minimum atomic E-state index is -3.78. The highest BCUT2D eigenvalue weighted by Crippen LogP contribution is 2.31. The van der Waals surface area contributed by atoms with E-state index in [1.165, 1.54) is 22.0 Å². The number of fused-ring (bicyclic) bond motifs is 1. The molecule has 1 N–H and O–H groups in total. The molecular formula is C20H21ClN2O4S. The number of hydrogen-bond acceptors (Lipinski definition) is 4. The highest BCUT2D eigenvalue weighted by Gasteiger charge is 2.30. The lowest BCUT2D eigenvalue weighted by Crippen LogP contribution is -2.40. The van der Waals surface area contributed by atoms with Crippen LogP contribution in [0.1, 0.15) is 33.9 Å². The minimum absolute atomic E-state index is 0.0458. The van der Waals surface area contributed by atoms with Crippen LogP contribution in [0.4, 0.5) is 0 Å².